The van der Waals surface area contributed by atoms with Crippen LogP contribution >= 0.6 is 0 Å². The lowest BCUT2D eigenvalue weighted by atomic mass is 9.83. The van der Waals surface area contributed by atoms with Crippen molar-refractivity contribution in [2.24, 2.45) is 11.8 Å². The molecule has 0 saturated carbocycles. The first-order valence-corrected chi connectivity index (χ1v) is 5.18. The molecule has 2 heteroatoms. The van der Waals surface area contributed by atoms with Gasteiger partial charge in [-0.1, -0.05) is 0 Å². The molecule has 0 aromatic rings. The van der Waals surface area contributed by atoms with Crippen molar-refractivity contribution in [3.63, 3.8) is 0 Å². The van der Waals surface area contributed by atoms with Gasteiger partial charge in [0.05, 0.1) is 13.2 Å². The summed E-state index contributed by atoms with van der Waals surface area (Å²) in [5.74, 6) is 1.84. The smallest absolute Gasteiger partial charge is 0.0519 e. The Labute approximate surface area is 74.7 Å². The third-order valence-corrected chi connectivity index (χ3v) is 3.11. The fraction of sp³-hybridized carbons (Fsp3) is 1.00. The van der Waals surface area contributed by atoms with Gasteiger partial charge in [-0.2, -0.15) is 0 Å². The van der Waals surface area contributed by atoms with E-state index in [4.69, 9.17) is 4.74 Å². The molecule has 0 aromatic carbocycles. The van der Waals surface area contributed by atoms with E-state index in [-0.39, 0.29) is 0 Å². The van der Waals surface area contributed by atoms with Crippen LogP contribution in [0.25, 0.3) is 0 Å². The second-order valence-corrected chi connectivity index (χ2v) is 4.01. The summed E-state index contributed by atoms with van der Waals surface area (Å²) in [6, 6.07) is 0. The molecular weight excluding hydrogens is 150 g/mol. The summed E-state index contributed by atoms with van der Waals surface area (Å²) in [5.41, 5.74) is 0. The zero-order valence-electron chi connectivity index (χ0n) is 7.67. The van der Waals surface area contributed by atoms with E-state index >= 15 is 0 Å². The van der Waals surface area contributed by atoms with E-state index in [2.05, 4.69) is 5.32 Å². The third kappa shape index (κ3) is 1.99. The maximum Gasteiger partial charge on any atom is 0.0519 e. The van der Waals surface area contributed by atoms with Crippen molar-refractivity contribution in [2.45, 2.75) is 25.7 Å². The van der Waals surface area contributed by atoms with E-state index < -0.39 is 0 Å². The fourth-order valence-electron chi connectivity index (χ4n) is 2.18. The van der Waals surface area contributed by atoms with Gasteiger partial charge in [-0.15, -0.1) is 0 Å². The van der Waals surface area contributed by atoms with Crippen molar-refractivity contribution in [2.75, 3.05) is 26.3 Å². The van der Waals surface area contributed by atoms with Crippen LogP contribution in [0.2, 0.25) is 0 Å². The van der Waals surface area contributed by atoms with Gasteiger partial charge in [0.15, 0.2) is 0 Å². The summed E-state index contributed by atoms with van der Waals surface area (Å²) in [6.45, 7) is 4.26. The van der Waals surface area contributed by atoms with Gasteiger partial charge in [-0.3, -0.25) is 0 Å². The molecule has 0 atom stereocenters. The topological polar surface area (TPSA) is 23.3 Å². The third-order valence-electron chi connectivity index (χ3n) is 3.11. The predicted molar refractivity (Wildman–Crippen MR) is 48.1 cm³/mol. The van der Waals surface area contributed by atoms with E-state index in [0.717, 1.165) is 38.1 Å². The summed E-state index contributed by atoms with van der Waals surface area (Å²) < 4.78 is 5.24. The molecule has 2 saturated heterocycles. The zero-order chi connectivity index (χ0) is 8.23. The Balaban J connectivity index is 1.77. The van der Waals surface area contributed by atoms with Crippen molar-refractivity contribution in [1.82, 2.24) is 5.32 Å². The van der Waals surface area contributed by atoms with Gasteiger partial charge in [0.25, 0.3) is 0 Å². The summed E-state index contributed by atoms with van der Waals surface area (Å²) >= 11 is 0. The highest BCUT2D eigenvalue weighted by molar-refractivity contribution is 4.76. The van der Waals surface area contributed by atoms with E-state index in [0.29, 0.717) is 0 Å². The molecule has 2 aliphatic heterocycles. The van der Waals surface area contributed by atoms with Gasteiger partial charge < -0.3 is 4.74 Å². The minimum atomic E-state index is 0.892. The van der Waals surface area contributed by atoms with Gasteiger partial charge in [-0.05, 0) is 31.6 Å². The highest BCUT2D eigenvalue weighted by Gasteiger charge is 2.27. The molecule has 1 radical (unpaired) electrons. The number of hydrogen-bond acceptors (Lipinski definition) is 1. The molecule has 2 heterocycles. The van der Waals surface area contributed by atoms with E-state index in [9.17, 15) is 0 Å². The SMILES string of the molecule is C1C[N]CCCC(C2COC2)C1. The molecule has 2 nitrogen and oxygen atoms in total. The second-order valence-electron chi connectivity index (χ2n) is 4.01. The molecule has 0 aliphatic carbocycles. The standard InChI is InChI=1S/C10H18NO/c1-3-9(10-7-12-8-10)4-2-6-11-5-1/h9-10H,1-8H2. The van der Waals surface area contributed by atoms with Crippen LogP contribution in [0.1, 0.15) is 25.7 Å². The summed E-state index contributed by atoms with van der Waals surface area (Å²) in [5, 5.41) is 4.44. The van der Waals surface area contributed by atoms with Gasteiger partial charge in [-0.25, -0.2) is 5.32 Å². The summed E-state index contributed by atoms with van der Waals surface area (Å²) in [4.78, 5) is 0. The Kier molecular flexibility index (Phi) is 3.01. The van der Waals surface area contributed by atoms with E-state index in [1.54, 1.807) is 0 Å². The lowest BCUT2D eigenvalue weighted by Gasteiger charge is -2.34. The minimum absolute atomic E-state index is 0.892. The Morgan fingerprint density at radius 2 is 1.58 bits per heavy atom. The van der Waals surface area contributed by atoms with Crippen molar-refractivity contribution >= 4 is 0 Å². The maximum absolute atomic E-state index is 5.24. The first kappa shape index (κ1) is 8.52. The lowest BCUT2D eigenvalue weighted by Crippen LogP contribution is -2.35. The first-order valence-electron chi connectivity index (χ1n) is 5.18. The van der Waals surface area contributed by atoms with Crippen molar-refractivity contribution in [3.05, 3.63) is 0 Å². The zero-order valence-corrected chi connectivity index (χ0v) is 7.67. The molecule has 0 N–H and O–H groups in total. The molecule has 69 valence electrons. The van der Waals surface area contributed by atoms with Gasteiger partial charge in [0, 0.05) is 19.0 Å². The minimum Gasteiger partial charge on any atom is -0.381 e. The Morgan fingerprint density at radius 3 is 2.08 bits per heavy atom. The molecular formula is C10H18NO. The van der Waals surface area contributed by atoms with Crippen LogP contribution in [0.15, 0.2) is 0 Å². The Bertz CT molecular complexity index is 126. The van der Waals surface area contributed by atoms with Crippen LogP contribution in [0, 0.1) is 11.8 Å². The molecule has 2 rings (SSSR count). The van der Waals surface area contributed by atoms with Crippen LogP contribution in [0.5, 0.6) is 0 Å². The monoisotopic (exact) mass is 168 g/mol. The van der Waals surface area contributed by atoms with Gasteiger partial charge >= 0.3 is 0 Å². The highest BCUT2D eigenvalue weighted by atomic mass is 16.5. The van der Waals surface area contributed by atoms with Crippen molar-refractivity contribution in [1.29, 1.82) is 0 Å². The molecule has 0 amide bonds. The fourth-order valence-corrected chi connectivity index (χ4v) is 2.18. The average Bonchev–Trinajstić information content (AvgIpc) is 1.90. The number of rotatable bonds is 1. The first-order chi connectivity index (χ1) is 5.97. The Morgan fingerprint density at radius 1 is 0.917 bits per heavy atom. The van der Waals surface area contributed by atoms with E-state index in [1.165, 1.54) is 25.7 Å². The summed E-state index contributed by atoms with van der Waals surface area (Å²) in [7, 11) is 0. The molecule has 0 aromatic heterocycles. The molecule has 2 fully saturated rings. The quantitative estimate of drug-likeness (QED) is 0.581. The van der Waals surface area contributed by atoms with E-state index in [1.807, 2.05) is 0 Å². The number of nitrogens with zero attached hydrogens (tertiary/aromatic N) is 1. The summed E-state index contributed by atoms with van der Waals surface area (Å²) in [6.07, 6.45) is 5.39. The van der Waals surface area contributed by atoms with Crippen LogP contribution < -0.4 is 5.32 Å². The predicted octanol–water partition coefficient (Wildman–Crippen LogP) is 1.43. The number of ether oxygens (including phenoxy) is 1. The second kappa shape index (κ2) is 4.24. The molecule has 0 spiro atoms. The van der Waals surface area contributed by atoms with Crippen LogP contribution in [-0.4, -0.2) is 26.3 Å². The molecule has 12 heavy (non-hydrogen) atoms. The van der Waals surface area contributed by atoms with Crippen molar-refractivity contribution < 1.29 is 4.74 Å². The maximum atomic E-state index is 5.24. The number of hydrogen-bond donors (Lipinski definition) is 0. The average molecular weight is 168 g/mol. The molecule has 2 aliphatic rings. The van der Waals surface area contributed by atoms with Crippen molar-refractivity contribution in [3.8, 4) is 0 Å². The van der Waals surface area contributed by atoms with Gasteiger partial charge in [0.1, 0.15) is 0 Å². The largest absolute Gasteiger partial charge is 0.381 e. The van der Waals surface area contributed by atoms with Crippen LogP contribution in [-0.2, 0) is 4.74 Å². The van der Waals surface area contributed by atoms with Crippen LogP contribution in [0.3, 0.4) is 0 Å². The normalized spacial score (nSPS) is 29.0. The molecule has 0 bridgehead atoms. The van der Waals surface area contributed by atoms with Gasteiger partial charge in [0.2, 0.25) is 0 Å². The molecule has 0 unspecified atom stereocenters. The van der Waals surface area contributed by atoms with Crippen LogP contribution in [0.4, 0.5) is 0 Å². The Hall–Kier alpha value is -0.0800. The highest BCUT2D eigenvalue weighted by Crippen LogP contribution is 2.29. The lowest BCUT2D eigenvalue weighted by molar-refractivity contribution is -0.0651.